The summed E-state index contributed by atoms with van der Waals surface area (Å²) >= 11 is 6.10. The van der Waals surface area contributed by atoms with Crippen molar-refractivity contribution in [3.05, 3.63) is 88.4 Å². The molecule has 0 aromatic heterocycles. The summed E-state index contributed by atoms with van der Waals surface area (Å²) in [7, 11) is 1.53. The zero-order valence-corrected chi connectivity index (χ0v) is 19.5. The molecule has 0 unspecified atom stereocenters. The van der Waals surface area contributed by atoms with Crippen LogP contribution in [0.2, 0.25) is 5.02 Å². The van der Waals surface area contributed by atoms with Crippen LogP contribution >= 0.6 is 11.6 Å². The molecule has 0 aliphatic heterocycles. The maximum absolute atomic E-state index is 12.6. The molecule has 3 rings (SSSR count). The summed E-state index contributed by atoms with van der Waals surface area (Å²) in [5.74, 6) is 1.29. The second kappa shape index (κ2) is 12.5. The van der Waals surface area contributed by atoms with Gasteiger partial charge < -0.3 is 14.2 Å². The highest BCUT2D eigenvalue weighted by molar-refractivity contribution is 6.30. The Morgan fingerprint density at radius 3 is 2.55 bits per heavy atom. The predicted octanol–water partition coefficient (Wildman–Crippen LogP) is 5.87. The summed E-state index contributed by atoms with van der Waals surface area (Å²) in [6, 6.07) is 20.1. The van der Waals surface area contributed by atoms with Crippen LogP contribution in [0, 0.1) is 0 Å². The van der Waals surface area contributed by atoms with Gasteiger partial charge in [0.15, 0.2) is 11.5 Å². The van der Waals surface area contributed by atoms with Gasteiger partial charge in [0.2, 0.25) is 0 Å². The van der Waals surface area contributed by atoms with Crippen LogP contribution in [0.15, 0.2) is 71.8 Å². The highest BCUT2D eigenvalue weighted by Crippen LogP contribution is 2.29. The lowest BCUT2D eigenvalue weighted by Crippen LogP contribution is -2.17. The number of ether oxygens (including phenoxy) is 3. The van der Waals surface area contributed by atoms with Crippen LogP contribution in [-0.2, 0) is 6.61 Å². The molecular formula is C26H27ClN2O4. The fraction of sp³-hybridized carbons (Fsp3) is 0.231. The van der Waals surface area contributed by atoms with E-state index in [1.54, 1.807) is 36.4 Å². The molecular weight excluding hydrogens is 440 g/mol. The Kier molecular flexibility index (Phi) is 9.15. The molecule has 0 aliphatic rings. The first kappa shape index (κ1) is 24.1. The number of nitrogens with zero attached hydrogens (tertiary/aromatic N) is 1. The first-order chi connectivity index (χ1) is 16.1. The summed E-state index contributed by atoms with van der Waals surface area (Å²) in [6.45, 7) is 3.10. The third-order valence-electron chi connectivity index (χ3n) is 4.76. The van der Waals surface area contributed by atoms with E-state index in [1.165, 1.54) is 13.3 Å². The minimum atomic E-state index is -0.380. The van der Waals surface area contributed by atoms with E-state index in [2.05, 4.69) is 17.5 Å². The smallest absolute Gasteiger partial charge is 0.271 e. The number of carbonyl (C=O) groups excluding carboxylic acids is 1. The normalized spacial score (nSPS) is 10.8. The van der Waals surface area contributed by atoms with Crippen molar-refractivity contribution in [2.75, 3.05) is 13.7 Å². The van der Waals surface area contributed by atoms with Gasteiger partial charge in [-0.3, -0.25) is 4.79 Å². The van der Waals surface area contributed by atoms with Gasteiger partial charge in [-0.2, -0.15) is 5.10 Å². The number of methoxy groups -OCH3 is 1. The van der Waals surface area contributed by atoms with Crippen LogP contribution < -0.4 is 19.6 Å². The van der Waals surface area contributed by atoms with E-state index in [1.807, 2.05) is 30.3 Å². The van der Waals surface area contributed by atoms with Crippen molar-refractivity contribution in [3.63, 3.8) is 0 Å². The molecule has 172 valence electrons. The Morgan fingerprint density at radius 1 is 1.00 bits per heavy atom. The summed E-state index contributed by atoms with van der Waals surface area (Å²) < 4.78 is 17.0. The molecule has 0 radical (unpaired) electrons. The number of rotatable bonds is 11. The number of amides is 1. The first-order valence-corrected chi connectivity index (χ1v) is 11.1. The third-order valence-corrected chi connectivity index (χ3v) is 5.00. The number of hydrogen-bond acceptors (Lipinski definition) is 5. The second-order valence-electron chi connectivity index (χ2n) is 7.22. The molecule has 3 aromatic carbocycles. The van der Waals surface area contributed by atoms with Crippen molar-refractivity contribution in [2.45, 2.75) is 26.4 Å². The number of carbonyl (C=O) groups is 1. The van der Waals surface area contributed by atoms with Crippen molar-refractivity contribution >= 4 is 23.7 Å². The number of hydrogen-bond donors (Lipinski definition) is 1. The maximum Gasteiger partial charge on any atom is 0.271 e. The van der Waals surface area contributed by atoms with Crippen molar-refractivity contribution in [1.82, 2.24) is 5.43 Å². The van der Waals surface area contributed by atoms with Crippen LogP contribution in [0.25, 0.3) is 0 Å². The topological polar surface area (TPSA) is 69.2 Å². The quantitative estimate of drug-likeness (QED) is 0.218. The predicted molar refractivity (Wildman–Crippen MR) is 131 cm³/mol. The monoisotopic (exact) mass is 466 g/mol. The van der Waals surface area contributed by atoms with E-state index < -0.39 is 0 Å². The number of halogens is 1. The van der Waals surface area contributed by atoms with Crippen LogP contribution in [0.1, 0.15) is 41.3 Å². The van der Waals surface area contributed by atoms with E-state index in [4.69, 9.17) is 25.8 Å². The Morgan fingerprint density at radius 2 is 1.79 bits per heavy atom. The summed E-state index contributed by atoms with van der Waals surface area (Å²) in [6.07, 6.45) is 3.50. The molecule has 0 atom stereocenters. The summed E-state index contributed by atoms with van der Waals surface area (Å²) in [5.41, 5.74) is 4.63. The molecule has 0 saturated carbocycles. The number of hydrazone groups is 1. The van der Waals surface area contributed by atoms with E-state index >= 15 is 0 Å². The Bertz CT molecular complexity index is 1090. The van der Waals surface area contributed by atoms with Crippen molar-refractivity contribution < 1.29 is 19.0 Å². The van der Waals surface area contributed by atoms with Gasteiger partial charge in [-0.15, -0.1) is 0 Å². The van der Waals surface area contributed by atoms with Crippen molar-refractivity contribution in [3.8, 4) is 17.2 Å². The zero-order chi connectivity index (χ0) is 23.5. The largest absolute Gasteiger partial charge is 0.493 e. The molecule has 0 spiro atoms. The average Bonchev–Trinajstić information content (AvgIpc) is 2.84. The van der Waals surface area contributed by atoms with E-state index in [-0.39, 0.29) is 5.91 Å². The Balaban J connectivity index is 1.64. The second-order valence-corrected chi connectivity index (χ2v) is 7.66. The highest BCUT2D eigenvalue weighted by Gasteiger charge is 2.11. The van der Waals surface area contributed by atoms with Crippen LogP contribution in [0.5, 0.6) is 17.2 Å². The zero-order valence-electron chi connectivity index (χ0n) is 18.7. The minimum Gasteiger partial charge on any atom is -0.493 e. The molecule has 0 aliphatic carbocycles. The van der Waals surface area contributed by atoms with E-state index in [9.17, 15) is 4.79 Å². The van der Waals surface area contributed by atoms with Gasteiger partial charge in [-0.1, -0.05) is 55.3 Å². The van der Waals surface area contributed by atoms with E-state index in [0.29, 0.717) is 46.6 Å². The van der Waals surface area contributed by atoms with Gasteiger partial charge in [0.1, 0.15) is 12.4 Å². The molecule has 0 saturated heterocycles. The molecule has 0 heterocycles. The van der Waals surface area contributed by atoms with E-state index in [0.717, 1.165) is 18.4 Å². The van der Waals surface area contributed by atoms with Crippen LogP contribution in [0.4, 0.5) is 0 Å². The van der Waals surface area contributed by atoms with Gasteiger partial charge in [-0.05, 0) is 48.4 Å². The standard InChI is InChI=1S/C26H27ClN2O4/c1-3-4-14-32-23-13-11-22(27)15-21(23)17-28-29-26(30)20-10-12-24(25(16-20)31-2)33-18-19-8-6-5-7-9-19/h5-13,15-17H,3-4,14,18H2,1-2H3,(H,29,30). The highest BCUT2D eigenvalue weighted by atomic mass is 35.5. The molecule has 33 heavy (non-hydrogen) atoms. The van der Waals surface area contributed by atoms with Gasteiger partial charge >= 0.3 is 0 Å². The Hall–Kier alpha value is -3.51. The molecule has 6 nitrogen and oxygen atoms in total. The molecule has 7 heteroatoms. The molecule has 0 bridgehead atoms. The minimum absolute atomic E-state index is 0.380. The average molecular weight is 467 g/mol. The molecule has 1 N–H and O–H groups in total. The van der Waals surface area contributed by atoms with Gasteiger partial charge in [-0.25, -0.2) is 5.43 Å². The lowest BCUT2D eigenvalue weighted by Gasteiger charge is -2.12. The van der Waals surface area contributed by atoms with Gasteiger partial charge in [0.25, 0.3) is 5.91 Å². The first-order valence-electron chi connectivity index (χ1n) is 10.7. The molecule has 0 fully saturated rings. The number of benzene rings is 3. The lowest BCUT2D eigenvalue weighted by atomic mass is 10.2. The fourth-order valence-corrected chi connectivity index (χ4v) is 3.15. The maximum atomic E-state index is 12.6. The Labute approximate surface area is 199 Å². The van der Waals surface area contributed by atoms with Gasteiger partial charge in [0.05, 0.1) is 19.9 Å². The molecule has 3 aromatic rings. The SMILES string of the molecule is CCCCOc1ccc(Cl)cc1C=NNC(=O)c1ccc(OCc2ccccc2)c(OC)c1. The number of nitrogens with one attached hydrogen (secondary N) is 1. The third kappa shape index (κ3) is 7.26. The number of unbranched alkanes of at least 4 members (excludes halogenated alkanes) is 1. The van der Waals surface area contributed by atoms with Gasteiger partial charge in [0, 0.05) is 16.1 Å². The fourth-order valence-electron chi connectivity index (χ4n) is 2.97. The summed E-state index contributed by atoms with van der Waals surface area (Å²) in [5, 5.41) is 4.62. The van der Waals surface area contributed by atoms with Crippen LogP contribution in [0.3, 0.4) is 0 Å². The molecule has 1 amide bonds. The van der Waals surface area contributed by atoms with Crippen molar-refractivity contribution in [1.29, 1.82) is 0 Å². The van der Waals surface area contributed by atoms with Crippen LogP contribution in [-0.4, -0.2) is 25.8 Å². The lowest BCUT2D eigenvalue weighted by molar-refractivity contribution is 0.0954. The summed E-state index contributed by atoms with van der Waals surface area (Å²) in [4.78, 5) is 12.6. The van der Waals surface area contributed by atoms with Crippen molar-refractivity contribution in [2.24, 2.45) is 5.10 Å².